The van der Waals surface area contributed by atoms with Crippen LogP contribution in [0.4, 0.5) is 0 Å². The van der Waals surface area contributed by atoms with Gasteiger partial charge in [0, 0.05) is 51.9 Å². The highest BCUT2D eigenvalue weighted by Gasteiger charge is 2.30. The van der Waals surface area contributed by atoms with Crippen LogP contribution in [0, 0.1) is 0 Å². The largest absolute Gasteiger partial charge is 0.333 e. The van der Waals surface area contributed by atoms with Gasteiger partial charge in [-0.15, -0.1) is 0 Å². The third-order valence-electron chi connectivity index (χ3n) is 4.63. The Hall–Kier alpha value is -1.14. The van der Waals surface area contributed by atoms with E-state index in [0.717, 1.165) is 39.0 Å². The summed E-state index contributed by atoms with van der Waals surface area (Å²) in [4.78, 5) is 30.5. The molecule has 1 N–H and O–H groups in total. The third-order valence-corrected chi connectivity index (χ3v) is 4.63. The summed E-state index contributed by atoms with van der Waals surface area (Å²) in [5.74, 6) is -0.642. The highest BCUT2D eigenvalue weighted by Crippen LogP contribution is 2.10. The predicted octanol–water partition coefficient (Wildman–Crippen LogP) is -0.249. The van der Waals surface area contributed by atoms with Crippen LogP contribution >= 0.6 is 0 Å². The van der Waals surface area contributed by atoms with Gasteiger partial charge in [0.2, 0.25) is 0 Å². The Morgan fingerprint density at radius 2 is 1.57 bits per heavy atom. The standard InChI is InChI=1S/C15H28N4O2/c1-3-13(2)17-9-11-19(12-10-17)15(21)14(20)18-7-4-5-16-6-8-18/h13,16H,3-12H2,1-2H3. The van der Waals surface area contributed by atoms with Crippen LogP contribution in [0.5, 0.6) is 0 Å². The minimum absolute atomic E-state index is 0.319. The van der Waals surface area contributed by atoms with Gasteiger partial charge in [-0.05, 0) is 26.3 Å². The lowest BCUT2D eigenvalue weighted by atomic mass is 10.2. The first kappa shape index (κ1) is 16.2. The van der Waals surface area contributed by atoms with Crippen molar-refractivity contribution in [1.29, 1.82) is 0 Å². The predicted molar refractivity (Wildman–Crippen MR) is 82.0 cm³/mol. The van der Waals surface area contributed by atoms with Crippen LogP contribution in [0.3, 0.4) is 0 Å². The van der Waals surface area contributed by atoms with Gasteiger partial charge in [-0.25, -0.2) is 0 Å². The molecule has 2 saturated heterocycles. The van der Waals surface area contributed by atoms with E-state index in [2.05, 4.69) is 24.1 Å². The first-order chi connectivity index (χ1) is 10.1. The van der Waals surface area contributed by atoms with Crippen LogP contribution < -0.4 is 5.32 Å². The molecule has 6 nitrogen and oxygen atoms in total. The van der Waals surface area contributed by atoms with Crippen LogP contribution in [0.1, 0.15) is 26.7 Å². The van der Waals surface area contributed by atoms with E-state index in [4.69, 9.17) is 0 Å². The van der Waals surface area contributed by atoms with Crippen molar-refractivity contribution in [3.8, 4) is 0 Å². The molecule has 0 bridgehead atoms. The molecule has 0 aromatic carbocycles. The van der Waals surface area contributed by atoms with Crippen molar-refractivity contribution in [3.63, 3.8) is 0 Å². The van der Waals surface area contributed by atoms with Crippen molar-refractivity contribution in [2.24, 2.45) is 0 Å². The van der Waals surface area contributed by atoms with Crippen molar-refractivity contribution in [2.75, 3.05) is 52.4 Å². The molecule has 2 aliphatic rings. The Morgan fingerprint density at radius 3 is 2.19 bits per heavy atom. The molecule has 2 amide bonds. The SMILES string of the molecule is CCC(C)N1CCN(C(=O)C(=O)N2CCCNCC2)CC1. The summed E-state index contributed by atoms with van der Waals surface area (Å²) in [6.07, 6.45) is 2.04. The number of piperazine rings is 1. The van der Waals surface area contributed by atoms with Crippen LogP contribution in [0.25, 0.3) is 0 Å². The highest BCUT2D eigenvalue weighted by atomic mass is 16.2. The number of carbonyl (C=O) groups excluding carboxylic acids is 2. The number of rotatable bonds is 2. The number of hydrogen-bond donors (Lipinski definition) is 1. The normalized spacial score (nSPS) is 22.8. The van der Waals surface area contributed by atoms with E-state index in [9.17, 15) is 9.59 Å². The number of carbonyl (C=O) groups is 2. The molecular weight excluding hydrogens is 268 g/mol. The Kier molecular flexibility index (Phi) is 5.99. The second kappa shape index (κ2) is 7.75. The monoisotopic (exact) mass is 296 g/mol. The Balaban J connectivity index is 1.84. The summed E-state index contributed by atoms with van der Waals surface area (Å²) in [5.41, 5.74) is 0. The number of amides is 2. The van der Waals surface area contributed by atoms with Crippen molar-refractivity contribution in [3.05, 3.63) is 0 Å². The molecule has 0 saturated carbocycles. The Morgan fingerprint density at radius 1 is 0.952 bits per heavy atom. The van der Waals surface area contributed by atoms with Gasteiger partial charge in [0.05, 0.1) is 0 Å². The van der Waals surface area contributed by atoms with E-state index >= 15 is 0 Å². The molecular formula is C15H28N4O2. The Labute approximate surface area is 127 Å². The average Bonchev–Trinajstić information content (AvgIpc) is 2.82. The zero-order valence-electron chi connectivity index (χ0n) is 13.3. The molecule has 0 spiro atoms. The molecule has 6 heteroatoms. The summed E-state index contributed by atoms with van der Waals surface area (Å²) in [6.45, 7) is 10.5. The van der Waals surface area contributed by atoms with Gasteiger partial charge >= 0.3 is 11.8 Å². The average molecular weight is 296 g/mol. The maximum absolute atomic E-state index is 12.4. The second-order valence-corrected chi connectivity index (χ2v) is 5.98. The van der Waals surface area contributed by atoms with Gasteiger partial charge in [0.25, 0.3) is 0 Å². The first-order valence-electron chi connectivity index (χ1n) is 8.16. The highest BCUT2D eigenvalue weighted by molar-refractivity contribution is 6.34. The first-order valence-corrected chi connectivity index (χ1v) is 8.16. The van der Waals surface area contributed by atoms with Crippen LogP contribution in [0.2, 0.25) is 0 Å². The molecule has 21 heavy (non-hydrogen) atoms. The molecule has 2 heterocycles. The molecule has 2 aliphatic heterocycles. The van der Waals surface area contributed by atoms with Crippen LogP contribution in [0.15, 0.2) is 0 Å². The lowest BCUT2D eigenvalue weighted by molar-refractivity contribution is -0.152. The van der Waals surface area contributed by atoms with Crippen molar-refractivity contribution in [2.45, 2.75) is 32.7 Å². The van der Waals surface area contributed by atoms with Crippen molar-refractivity contribution in [1.82, 2.24) is 20.0 Å². The molecule has 0 radical (unpaired) electrons. The third kappa shape index (κ3) is 4.17. The summed E-state index contributed by atoms with van der Waals surface area (Å²) in [5, 5.41) is 3.25. The maximum atomic E-state index is 12.4. The zero-order chi connectivity index (χ0) is 15.2. The number of nitrogens with one attached hydrogen (secondary N) is 1. The fourth-order valence-corrected chi connectivity index (χ4v) is 2.94. The molecule has 0 aromatic rings. The van der Waals surface area contributed by atoms with Gasteiger partial charge in [-0.1, -0.05) is 6.92 Å². The summed E-state index contributed by atoms with van der Waals surface area (Å²) in [6, 6.07) is 0.551. The second-order valence-electron chi connectivity index (χ2n) is 5.98. The van der Waals surface area contributed by atoms with Gasteiger partial charge in [0.1, 0.15) is 0 Å². The van der Waals surface area contributed by atoms with Gasteiger partial charge < -0.3 is 15.1 Å². The fraction of sp³-hybridized carbons (Fsp3) is 0.867. The van der Waals surface area contributed by atoms with E-state index in [1.165, 1.54) is 0 Å². The molecule has 0 aromatic heterocycles. The minimum atomic E-state index is -0.323. The van der Waals surface area contributed by atoms with E-state index in [-0.39, 0.29) is 11.8 Å². The lowest BCUT2D eigenvalue weighted by Crippen LogP contribution is -2.55. The summed E-state index contributed by atoms with van der Waals surface area (Å²) in [7, 11) is 0. The quantitative estimate of drug-likeness (QED) is 0.714. The zero-order valence-corrected chi connectivity index (χ0v) is 13.3. The molecule has 2 fully saturated rings. The Bertz CT molecular complexity index is 359. The van der Waals surface area contributed by atoms with Crippen LogP contribution in [-0.4, -0.2) is 84.9 Å². The van der Waals surface area contributed by atoms with Crippen molar-refractivity contribution >= 4 is 11.8 Å². The van der Waals surface area contributed by atoms with Gasteiger partial charge in [-0.2, -0.15) is 0 Å². The number of nitrogens with zero attached hydrogens (tertiary/aromatic N) is 3. The molecule has 120 valence electrons. The van der Waals surface area contributed by atoms with E-state index in [1.807, 2.05) is 0 Å². The molecule has 2 rings (SSSR count). The topological polar surface area (TPSA) is 55.9 Å². The van der Waals surface area contributed by atoms with E-state index < -0.39 is 0 Å². The molecule has 1 atom stereocenters. The summed E-state index contributed by atoms with van der Waals surface area (Å²) >= 11 is 0. The maximum Gasteiger partial charge on any atom is 0.312 e. The minimum Gasteiger partial charge on any atom is -0.333 e. The molecule has 0 aliphatic carbocycles. The van der Waals surface area contributed by atoms with E-state index in [0.29, 0.717) is 32.2 Å². The van der Waals surface area contributed by atoms with Gasteiger partial charge in [0.15, 0.2) is 0 Å². The van der Waals surface area contributed by atoms with Gasteiger partial charge in [-0.3, -0.25) is 14.5 Å². The van der Waals surface area contributed by atoms with E-state index in [1.54, 1.807) is 9.80 Å². The molecule has 1 unspecified atom stereocenters. The smallest absolute Gasteiger partial charge is 0.312 e. The summed E-state index contributed by atoms with van der Waals surface area (Å²) < 4.78 is 0. The lowest BCUT2D eigenvalue weighted by Gasteiger charge is -2.38. The van der Waals surface area contributed by atoms with Crippen LogP contribution in [-0.2, 0) is 9.59 Å². The van der Waals surface area contributed by atoms with Crippen molar-refractivity contribution < 1.29 is 9.59 Å². The fourth-order valence-electron chi connectivity index (χ4n) is 2.94. The number of hydrogen-bond acceptors (Lipinski definition) is 4.